The first-order valence-electron chi connectivity index (χ1n) is 10.4. The van der Waals surface area contributed by atoms with Crippen molar-refractivity contribution in [2.45, 2.75) is 31.3 Å². The maximum Gasteiger partial charge on any atom is 0.317 e. The zero-order valence-corrected chi connectivity index (χ0v) is 17.6. The molecule has 0 aromatic heterocycles. The fourth-order valence-electron chi connectivity index (χ4n) is 4.50. The van der Waals surface area contributed by atoms with Crippen LogP contribution in [0.25, 0.3) is 0 Å². The summed E-state index contributed by atoms with van der Waals surface area (Å²) < 4.78 is 0. The van der Waals surface area contributed by atoms with Gasteiger partial charge in [0.25, 0.3) is 0 Å². The van der Waals surface area contributed by atoms with E-state index in [1.165, 1.54) is 0 Å². The Morgan fingerprint density at radius 2 is 0.935 bits per heavy atom. The van der Waals surface area contributed by atoms with Gasteiger partial charge in [-0.05, 0) is 12.8 Å². The average Bonchev–Trinajstić information content (AvgIpc) is 2.63. The second-order valence-electron chi connectivity index (χ2n) is 8.23. The number of piperidine rings is 1. The standard InChI is InChI=1S/C19H32N4O8/c24-16(25)10-20-4-6-21(11-17(26)27)8-14-2-1-3-15(23(14)13-19(30)31)9-22(7-5-20)12-18(28)29/h14-15H,1-13H2,(H,24,25)(H,26,27)(H,28,29)(H,30,31)/t14-,15+. The molecule has 2 aliphatic rings. The first-order chi connectivity index (χ1) is 14.6. The van der Waals surface area contributed by atoms with Gasteiger partial charge in [-0.3, -0.25) is 38.8 Å². The topological polar surface area (TPSA) is 162 Å². The molecule has 4 N–H and O–H groups in total. The van der Waals surface area contributed by atoms with Crippen molar-refractivity contribution in [3.63, 3.8) is 0 Å². The molecule has 2 atom stereocenters. The molecule has 176 valence electrons. The van der Waals surface area contributed by atoms with Crippen LogP contribution in [0.1, 0.15) is 19.3 Å². The van der Waals surface area contributed by atoms with Crippen LogP contribution in [0.3, 0.4) is 0 Å². The molecule has 2 bridgehead atoms. The predicted octanol–water partition coefficient (Wildman–Crippen LogP) is -1.53. The Bertz CT molecular complexity index is 623. The minimum Gasteiger partial charge on any atom is -0.480 e. The summed E-state index contributed by atoms with van der Waals surface area (Å²) in [7, 11) is 0. The van der Waals surface area contributed by atoms with Crippen LogP contribution in [0.2, 0.25) is 0 Å². The highest BCUT2D eigenvalue weighted by Crippen LogP contribution is 2.25. The van der Waals surface area contributed by atoms with Gasteiger partial charge in [0.05, 0.1) is 26.2 Å². The van der Waals surface area contributed by atoms with Gasteiger partial charge in [0.1, 0.15) is 0 Å². The van der Waals surface area contributed by atoms with Gasteiger partial charge in [-0.1, -0.05) is 6.42 Å². The quantitative estimate of drug-likeness (QED) is 0.342. The fraction of sp³-hybridized carbons (Fsp3) is 0.789. The first-order valence-corrected chi connectivity index (χ1v) is 10.4. The highest BCUT2D eigenvalue weighted by Gasteiger charge is 2.35. The van der Waals surface area contributed by atoms with E-state index in [2.05, 4.69) is 0 Å². The van der Waals surface area contributed by atoms with E-state index in [-0.39, 0.29) is 38.3 Å². The Morgan fingerprint density at radius 1 is 0.581 bits per heavy atom. The van der Waals surface area contributed by atoms with Crippen molar-refractivity contribution in [1.82, 2.24) is 19.6 Å². The molecule has 2 heterocycles. The summed E-state index contributed by atoms with van der Waals surface area (Å²) in [6.07, 6.45) is 2.29. The maximum absolute atomic E-state index is 11.5. The summed E-state index contributed by atoms with van der Waals surface area (Å²) in [5.41, 5.74) is 0. The molecular formula is C19H32N4O8. The van der Waals surface area contributed by atoms with Crippen molar-refractivity contribution < 1.29 is 39.6 Å². The molecule has 0 aliphatic carbocycles. The molecule has 0 aromatic rings. The molecule has 2 aliphatic heterocycles. The molecule has 12 nitrogen and oxygen atoms in total. The van der Waals surface area contributed by atoms with Crippen LogP contribution in [0.5, 0.6) is 0 Å². The van der Waals surface area contributed by atoms with Crippen molar-refractivity contribution in [3.05, 3.63) is 0 Å². The van der Waals surface area contributed by atoms with Crippen LogP contribution >= 0.6 is 0 Å². The second-order valence-corrected chi connectivity index (χ2v) is 8.23. The minimum atomic E-state index is -1.01. The molecule has 0 aromatic carbocycles. The lowest BCUT2D eigenvalue weighted by molar-refractivity contribution is -0.143. The number of carboxylic acid groups (broad SMARTS) is 4. The van der Waals surface area contributed by atoms with Crippen LogP contribution in [0.15, 0.2) is 0 Å². The number of rotatable bonds is 8. The van der Waals surface area contributed by atoms with Crippen molar-refractivity contribution in [2.75, 3.05) is 65.4 Å². The Hall–Kier alpha value is -2.28. The van der Waals surface area contributed by atoms with Gasteiger partial charge >= 0.3 is 23.9 Å². The SMILES string of the molecule is O=C(O)CN1CCN(CC(=O)O)C[C@H]2CCC[C@@H](CN(CC(=O)O)CC1)N2CC(=O)O. The molecule has 0 unspecified atom stereocenters. The lowest BCUT2D eigenvalue weighted by Crippen LogP contribution is -2.58. The van der Waals surface area contributed by atoms with E-state index in [4.69, 9.17) is 0 Å². The van der Waals surface area contributed by atoms with Gasteiger partial charge < -0.3 is 20.4 Å². The van der Waals surface area contributed by atoms with Gasteiger partial charge in [0, 0.05) is 51.4 Å². The average molecular weight is 444 g/mol. The Balaban J connectivity index is 2.29. The number of aliphatic carboxylic acids is 4. The third-order valence-electron chi connectivity index (χ3n) is 5.81. The Kier molecular flexibility index (Phi) is 9.62. The third kappa shape index (κ3) is 8.77. The predicted molar refractivity (Wildman–Crippen MR) is 108 cm³/mol. The van der Waals surface area contributed by atoms with Crippen LogP contribution in [0.4, 0.5) is 0 Å². The number of carbonyl (C=O) groups is 4. The fourth-order valence-corrected chi connectivity index (χ4v) is 4.50. The van der Waals surface area contributed by atoms with Crippen LogP contribution in [-0.4, -0.2) is 141 Å². The zero-order valence-electron chi connectivity index (χ0n) is 17.6. The van der Waals surface area contributed by atoms with Crippen molar-refractivity contribution >= 4 is 23.9 Å². The summed E-state index contributed by atoms with van der Waals surface area (Å²) in [6, 6.07) is -0.346. The summed E-state index contributed by atoms with van der Waals surface area (Å²) in [4.78, 5) is 52.5. The third-order valence-corrected chi connectivity index (χ3v) is 5.81. The van der Waals surface area contributed by atoms with Crippen molar-refractivity contribution in [3.8, 4) is 0 Å². The van der Waals surface area contributed by atoms with E-state index in [1.807, 2.05) is 4.90 Å². The van der Waals surface area contributed by atoms with Gasteiger partial charge in [0.15, 0.2) is 0 Å². The highest BCUT2D eigenvalue weighted by atomic mass is 16.4. The Labute approximate surface area is 180 Å². The van der Waals surface area contributed by atoms with E-state index in [9.17, 15) is 39.6 Å². The normalized spacial score (nSPS) is 25.3. The number of nitrogens with zero attached hydrogens (tertiary/aromatic N) is 4. The maximum atomic E-state index is 11.5. The molecule has 12 heteroatoms. The smallest absolute Gasteiger partial charge is 0.317 e. The summed E-state index contributed by atoms with van der Waals surface area (Å²) in [5, 5.41) is 37.2. The van der Waals surface area contributed by atoms with Crippen LogP contribution < -0.4 is 0 Å². The number of carboxylic acids is 4. The van der Waals surface area contributed by atoms with Crippen LogP contribution in [-0.2, 0) is 19.2 Å². The van der Waals surface area contributed by atoms with Crippen molar-refractivity contribution in [2.24, 2.45) is 0 Å². The lowest BCUT2D eigenvalue weighted by Gasteiger charge is -2.45. The largest absolute Gasteiger partial charge is 0.480 e. The van der Waals surface area contributed by atoms with E-state index in [1.54, 1.807) is 14.7 Å². The van der Waals surface area contributed by atoms with Gasteiger partial charge in [-0.2, -0.15) is 0 Å². The molecular weight excluding hydrogens is 412 g/mol. The molecule has 0 radical (unpaired) electrons. The van der Waals surface area contributed by atoms with Crippen molar-refractivity contribution in [1.29, 1.82) is 0 Å². The highest BCUT2D eigenvalue weighted by molar-refractivity contribution is 5.70. The molecule has 0 amide bonds. The Morgan fingerprint density at radius 3 is 1.32 bits per heavy atom. The first kappa shape index (κ1) is 25.0. The minimum absolute atomic E-state index is 0.173. The molecule has 0 saturated carbocycles. The van der Waals surface area contributed by atoms with Crippen LogP contribution in [0, 0.1) is 0 Å². The summed E-state index contributed by atoms with van der Waals surface area (Å²) in [5.74, 6) is -3.99. The lowest BCUT2D eigenvalue weighted by atomic mass is 9.94. The molecule has 0 spiro atoms. The van der Waals surface area contributed by atoms with Gasteiger partial charge in [-0.15, -0.1) is 0 Å². The van der Waals surface area contributed by atoms with Gasteiger partial charge in [0.2, 0.25) is 0 Å². The number of hydrogen-bond acceptors (Lipinski definition) is 8. The molecule has 2 saturated heterocycles. The molecule has 2 fully saturated rings. The van der Waals surface area contributed by atoms with E-state index in [0.717, 1.165) is 19.3 Å². The summed E-state index contributed by atoms with van der Waals surface area (Å²) >= 11 is 0. The summed E-state index contributed by atoms with van der Waals surface area (Å²) in [6.45, 7) is 1.14. The number of hydrogen-bond donors (Lipinski definition) is 4. The molecule has 2 rings (SSSR count). The number of fused-ring (bicyclic) bond motifs is 2. The van der Waals surface area contributed by atoms with E-state index < -0.39 is 23.9 Å². The zero-order chi connectivity index (χ0) is 23.0. The van der Waals surface area contributed by atoms with Gasteiger partial charge in [-0.25, -0.2) is 0 Å². The monoisotopic (exact) mass is 444 g/mol. The van der Waals surface area contributed by atoms with E-state index >= 15 is 0 Å². The van der Waals surface area contributed by atoms with E-state index in [0.29, 0.717) is 39.3 Å². The second kappa shape index (κ2) is 11.9. The molecule has 31 heavy (non-hydrogen) atoms.